The van der Waals surface area contributed by atoms with E-state index in [1.54, 1.807) is 0 Å². The second kappa shape index (κ2) is 5.30. The number of ether oxygens (including phenoxy) is 2. The van der Waals surface area contributed by atoms with E-state index in [-0.39, 0.29) is 11.7 Å². The monoisotopic (exact) mass is 261 g/mol. The molecular formula is C10H9F2NO3S. The standard InChI is InChI=1S/C10H9F2NO3S/c1-5(14)15-4-6-2-3-7-10(16-6)17-9(13-7)8(11)12/h6-8,10H,4H2,1H3/t6-,7-,10-/m1/s1. The highest BCUT2D eigenvalue weighted by Crippen LogP contribution is 2.36. The van der Waals surface area contributed by atoms with Gasteiger partial charge in [0, 0.05) is 19.8 Å². The van der Waals surface area contributed by atoms with Gasteiger partial charge in [-0.1, -0.05) is 11.8 Å². The topological polar surface area (TPSA) is 47.9 Å². The number of carbonyl (C=O) groups is 1. The summed E-state index contributed by atoms with van der Waals surface area (Å²) in [5.74, 6) is -0.430. The Balaban J connectivity index is 1.84. The van der Waals surface area contributed by atoms with E-state index in [0.717, 1.165) is 11.8 Å². The molecule has 1 fully saturated rings. The normalized spacial score (nSPS) is 32.2. The summed E-state index contributed by atoms with van der Waals surface area (Å²) in [7, 11) is 0. The number of hydrogen-bond donors (Lipinski definition) is 0. The first-order valence-electron chi connectivity index (χ1n) is 4.88. The Morgan fingerprint density at radius 3 is 3.06 bits per heavy atom. The van der Waals surface area contributed by atoms with Crippen LogP contribution in [-0.4, -0.2) is 41.6 Å². The van der Waals surface area contributed by atoms with Crippen molar-refractivity contribution in [2.75, 3.05) is 6.61 Å². The second-order valence-electron chi connectivity index (χ2n) is 3.42. The molecule has 4 radical (unpaired) electrons. The van der Waals surface area contributed by atoms with E-state index in [1.807, 2.05) is 0 Å². The first-order valence-corrected chi connectivity index (χ1v) is 5.76. The van der Waals surface area contributed by atoms with Crippen LogP contribution >= 0.6 is 11.8 Å². The van der Waals surface area contributed by atoms with E-state index in [1.165, 1.54) is 6.92 Å². The molecule has 3 atom stereocenters. The highest BCUT2D eigenvalue weighted by molar-refractivity contribution is 8.14. The molecule has 0 bridgehead atoms. The van der Waals surface area contributed by atoms with E-state index >= 15 is 0 Å². The summed E-state index contributed by atoms with van der Waals surface area (Å²) in [6, 6.07) is -0.544. The zero-order chi connectivity index (χ0) is 12.4. The quantitative estimate of drug-likeness (QED) is 0.717. The average molecular weight is 261 g/mol. The Hall–Kier alpha value is -0.690. The number of aliphatic imine (C=N–C) groups is 1. The van der Waals surface area contributed by atoms with Crippen molar-refractivity contribution in [1.29, 1.82) is 0 Å². The van der Waals surface area contributed by atoms with Crippen molar-refractivity contribution in [2.45, 2.75) is 30.9 Å². The molecule has 0 amide bonds. The Labute approximate surface area is 102 Å². The lowest BCUT2D eigenvalue weighted by molar-refractivity contribution is -0.145. The van der Waals surface area contributed by atoms with Crippen molar-refractivity contribution in [1.82, 2.24) is 0 Å². The molecule has 2 rings (SSSR count). The number of rotatable bonds is 3. The van der Waals surface area contributed by atoms with Gasteiger partial charge in [0.1, 0.15) is 23.2 Å². The number of nitrogens with zero attached hydrogens (tertiary/aromatic N) is 1. The molecule has 0 N–H and O–H groups in total. The zero-order valence-electron chi connectivity index (χ0n) is 8.85. The lowest BCUT2D eigenvalue weighted by Crippen LogP contribution is -2.37. The number of hydrogen-bond acceptors (Lipinski definition) is 5. The van der Waals surface area contributed by atoms with Crippen molar-refractivity contribution in [2.24, 2.45) is 4.99 Å². The fraction of sp³-hybridized carbons (Fsp3) is 0.600. The largest absolute Gasteiger partial charge is 0.463 e. The van der Waals surface area contributed by atoms with Crippen LogP contribution in [0.15, 0.2) is 4.99 Å². The summed E-state index contributed by atoms with van der Waals surface area (Å²) >= 11 is 0.875. The summed E-state index contributed by atoms with van der Waals surface area (Å²) in [6.07, 6.45) is 2.26. The molecule has 7 heteroatoms. The number of thioether (sulfide) groups is 1. The maximum Gasteiger partial charge on any atom is 0.302 e. The van der Waals surface area contributed by atoms with Gasteiger partial charge in [0.2, 0.25) is 0 Å². The van der Waals surface area contributed by atoms with Crippen molar-refractivity contribution in [3.63, 3.8) is 0 Å². The third kappa shape index (κ3) is 3.16. The average Bonchev–Trinajstić information content (AvgIpc) is 2.69. The van der Waals surface area contributed by atoms with Gasteiger partial charge in [-0.05, 0) is 0 Å². The Morgan fingerprint density at radius 2 is 2.41 bits per heavy atom. The van der Waals surface area contributed by atoms with E-state index in [2.05, 4.69) is 17.8 Å². The second-order valence-corrected chi connectivity index (χ2v) is 4.53. The predicted octanol–water partition coefficient (Wildman–Crippen LogP) is 1.22. The van der Waals surface area contributed by atoms with E-state index in [4.69, 9.17) is 9.47 Å². The van der Waals surface area contributed by atoms with Crippen LogP contribution in [0.25, 0.3) is 0 Å². The molecular weight excluding hydrogens is 252 g/mol. The molecule has 4 nitrogen and oxygen atoms in total. The first-order chi connectivity index (χ1) is 8.06. The summed E-state index contributed by atoms with van der Waals surface area (Å²) < 4.78 is 35.0. The van der Waals surface area contributed by atoms with Gasteiger partial charge >= 0.3 is 5.97 Å². The van der Waals surface area contributed by atoms with Crippen LogP contribution in [0.4, 0.5) is 8.78 Å². The SMILES string of the molecule is CC(=O)OC[C@H]1[C][C][C@H]2N=C(C(F)F)S[C@H]2O1. The van der Waals surface area contributed by atoms with Gasteiger partial charge < -0.3 is 9.47 Å². The van der Waals surface area contributed by atoms with Crippen LogP contribution in [0.2, 0.25) is 0 Å². The molecule has 1 saturated heterocycles. The third-order valence-electron chi connectivity index (χ3n) is 2.08. The van der Waals surface area contributed by atoms with Crippen LogP contribution < -0.4 is 0 Å². The number of esters is 1. The van der Waals surface area contributed by atoms with E-state index in [9.17, 15) is 13.6 Å². The summed E-state index contributed by atoms with van der Waals surface area (Å²) in [5, 5.41) is -0.248. The molecule has 0 aromatic heterocycles. The third-order valence-corrected chi connectivity index (χ3v) is 3.20. The molecule has 2 aliphatic heterocycles. The van der Waals surface area contributed by atoms with Crippen LogP contribution in [0.5, 0.6) is 0 Å². The van der Waals surface area contributed by atoms with E-state index in [0.29, 0.717) is 0 Å². The molecule has 2 aliphatic rings. The minimum Gasteiger partial charge on any atom is -0.463 e. The van der Waals surface area contributed by atoms with Gasteiger partial charge in [-0.15, -0.1) is 0 Å². The lowest BCUT2D eigenvalue weighted by Gasteiger charge is -2.28. The van der Waals surface area contributed by atoms with Crippen LogP contribution in [-0.2, 0) is 14.3 Å². The van der Waals surface area contributed by atoms with Gasteiger partial charge in [-0.2, -0.15) is 0 Å². The number of alkyl halides is 2. The van der Waals surface area contributed by atoms with Gasteiger partial charge in [0.25, 0.3) is 6.43 Å². The predicted molar refractivity (Wildman–Crippen MR) is 56.6 cm³/mol. The van der Waals surface area contributed by atoms with Crippen LogP contribution in [0, 0.1) is 12.8 Å². The van der Waals surface area contributed by atoms with E-state index < -0.39 is 30.0 Å². The van der Waals surface area contributed by atoms with Gasteiger partial charge in [0.15, 0.2) is 0 Å². The molecule has 17 heavy (non-hydrogen) atoms. The number of halogens is 2. The van der Waals surface area contributed by atoms with Crippen molar-refractivity contribution in [3.05, 3.63) is 12.8 Å². The number of fused-ring (bicyclic) bond motifs is 1. The fourth-order valence-corrected chi connectivity index (χ4v) is 2.33. The highest BCUT2D eigenvalue weighted by Gasteiger charge is 2.40. The number of carbonyl (C=O) groups excluding carboxylic acids is 1. The van der Waals surface area contributed by atoms with Crippen molar-refractivity contribution < 1.29 is 23.0 Å². The highest BCUT2D eigenvalue weighted by atomic mass is 32.2. The minimum absolute atomic E-state index is 0.0100. The van der Waals surface area contributed by atoms with Crippen molar-refractivity contribution in [3.8, 4) is 0 Å². The van der Waals surface area contributed by atoms with Gasteiger partial charge in [0.05, 0.1) is 6.04 Å². The Morgan fingerprint density at radius 1 is 1.65 bits per heavy atom. The fourth-order valence-electron chi connectivity index (χ4n) is 1.37. The van der Waals surface area contributed by atoms with Crippen LogP contribution in [0.1, 0.15) is 6.92 Å². The molecule has 0 aliphatic carbocycles. The maximum absolute atomic E-state index is 12.4. The lowest BCUT2D eigenvalue weighted by atomic mass is 10.1. The Bertz CT molecular complexity index is 338. The van der Waals surface area contributed by atoms with Crippen LogP contribution in [0.3, 0.4) is 0 Å². The van der Waals surface area contributed by atoms with Gasteiger partial charge in [-0.25, -0.2) is 8.78 Å². The molecule has 92 valence electrons. The zero-order valence-corrected chi connectivity index (χ0v) is 9.67. The molecule has 0 unspecified atom stereocenters. The minimum atomic E-state index is -2.59. The van der Waals surface area contributed by atoms with Gasteiger partial charge in [-0.3, -0.25) is 9.79 Å². The first kappa shape index (κ1) is 12.8. The Kier molecular flexibility index (Phi) is 3.98. The summed E-state index contributed by atoms with van der Waals surface area (Å²) in [6.45, 7) is 1.29. The smallest absolute Gasteiger partial charge is 0.302 e. The summed E-state index contributed by atoms with van der Waals surface area (Å²) in [5.41, 5.74) is -0.527. The van der Waals surface area contributed by atoms with Crippen molar-refractivity contribution >= 4 is 22.8 Å². The maximum atomic E-state index is 12.4. The molecule has 0 aromatic rings. The summed E-state index contributed by atoms with van der Waals surface area (Å²) in [4.78, 5) is 14.4. The molecule has 0 spiro atoms. The molecule has 0 aromatic carbocycles. The molecule has 2 heterocycles. The molecule has 0 saturated carbocycles.